The Labute approximate surface area is 189 Å². The summed E-state index contributed by atoms with van der Waals surface area (Å²) in [5.74, 6) is 1.48. The molecule has 0 bridgehead atoms. The Kier molecular flexibility index (Phi) is 8.03. The van der Waals surface area contributed by atoms with Gasteiger partial charge in [-0.2, -0.15) is 0 Å². The van der Waals surface area contributed by atoms with E-state index in [0.29, 0.717) is 38.6 Å². The molecule has 2 aromatic rings. The highest BCUT2D eigenvalue weighted by Gasteiger charge is 2.23. The molecule has 1 fully saturated rings. The van der Waals surface area contributed by atoms with Crippen molar-refractivity contribution in [2.45, 2.75) is 25.7 Å². The molecule has 0 saturated carbocycles. The van der Waals surface area contributed by atoms with E-state index in [1.807, 2.05) is 29.2 Å². The van der Waals surface area contributed by atoms with Crippen LogP contribution in [0.4, 0.5) is 10.2 Å². The van der Waals surface area contributed by atoms with Crippen molar-refractivity contribution in [2.75, 3.05) is 51.2 Å². The summed E-state index contributed by atoms with van der Waals surface area (Å²) in [7, 11) is 1.70. The summed E-state index contributed by atoms with van der Waals surface area (Å²) in [4.78, 5) is 25.3. The van der Waals surface area contributed by atoms with E-state index in [0.717, 1.165) is 24.5 Å². The molecule has 1 aromatic carbocycles. The molecule has 172 valence electrons. The van der Waals surface area contributed by atoms with Gasteiger partial charge >= 0.3 is 0 Å². The van der Waals surface area contributed by atoms with Crippen molar-refractivity contribution < 1.29 is 9.18 Å². The number of carbonyl (C=O) groups excluding carboxylic acids is 1. The predicted octanol–water partition coefficient (Wildman–Crippen LogP) is 2.40. The molecule has 0 spiro atoms. The summed E-state index contributed by atoms with van der Waals surface area (Å²) in [6.07, 6.45) is 2.19. The lowest BCUT2D eigenvalue weighted by Gasteiger charge is -2.35. The normalized spacial score (nSPS) is 14.9. The van der Waals surface area contributed by atoms with Gasteiger partial charge in [0.25, 0.3) is 0 Å². The smallest absolute Gasteiger partial charge is 0.224 e. The number of aromatic nitrogens is 1. The zero-order valence-corrected chi connectivity index (χ0v) is 19.1. The number of amides is 1. The van der Waals surface area contributed by atoms with Gasteiger partial charge < -0.3 is 20.4 Å². The third kappa shape index (κ3) is 6.42. The highest BCUT2D eigenvalue weighted by Crippen LogP contribution is 2.22. The molecule has 1 amide bonds. The zero-order valence-electron chi connectivity index (χ0n) is 19.1. The maximum Gasteiger partial charge on any atom is 0.224 e. The minimum absolute atomic E-state index is 0.133. The number of piperazine rings is 1. The molecule has 1 saturated heterocycles. The monoisotopic (exact) mass is 440 g/mol. The maximum atomic E-state index is 13.6. The zero-order chi connectivity index (χ0) is 23.0. The lowest BCUT2D eigenvalue weighted by Crippen LogP contribution is -2.50. The number of anilines is 1. The standard InChI is InChI=1S/C24H33FN6O/c1-24(2,19-7-6-8-20(25)17-19)18-29-23(26-3)28-12-10-22(32)31-15-13-30(14-16-31)21-9-4-5-11-27-21/h4-9,11,17H,10,12-16,18H2,1-3H3,(H2,26,28,29). The third-order valence-electron chi connectivity index (χ3n) is 5.76. The summed E-state index contributed by atoms with van der Waals surface area (Å²) >= 11 is 0. The molecule has 0 radical (unpaired) electrons. The van der Waals surface area contributed by atoms with Crippen LogP contribution in [-0.4, -0.2) is 68.1 Å². The van der Waals surface area contributed by atoms with Crippen LogP contribution in [0.15, 0.2) is 53.7 Å². The van der Waals surface area contributed by atoms with Crippen molar-refractivity contribution in [2.24, 2.45) is 4.99 Å². The number of benzene rings is 1. The second-order valence-corrected chi connectivity index (χ2v) is 8.55. The topological polar surface area (TPSA) is 72.9 Å². The molecule has 3 rings (SSSR count). The van der Waals surface area contributed by atoms with Crippen LogP contribution in [0.25, 0.3) is 0 Å². The first kappa shape index (κ1) is 23.5. The van der Waals surface area contributed by atoms with Gasteiger partial charge in [0.05, 0.1) is 0 Å². The summed E-state index contributed by atoms with van der Waals surface area (Å²) in [6, 6.07) is 12.5. The van der Waals surface area contributed by atoms with Gasteiger partial charge in [-0.3, -0.25) is 9.79 Å². The largest absolute Gasteiger partial charge is 0.356 e. The predicted molar refractivity (Wildman–Crippen MR) is 126 cm³/mol. The van der Waals surface area contributed by atoms with E-state index < -0.39 is 0 Å². The molecule has 1 aliphatic heterocycles. The van der Waals surface area contributed by atoms with Crippen LogP contribution in [0.1, 0.15) is 25.8 Å². The first-order chi connectivity index (χ1) is 15.4. The average molecular weight is 441 g/mol. The number of nitrogens with one attached hydrogen (secondary N) is 2. The number of carbonyl (C=O) groups is 1. The summed E-state index contributed by atoms with van der Waals surface area (Å²) in [6.45, 7) is 8.16. The van der Waals surface area contributed by atoms with E-state index in [1.54, 1.807) is 25.4 Å². The van der Waals surface area contributed by atoms with Crippen molar-refractivity contribution in [3.8, 4) is 0 Å². The van der Waals surface area contributed by atoms with Crippen molar-refractivity contribution in [3.05, 3.63) is 60.0 Å². The van der Waals surface area contributed by atoms with E-state index in [2.05, 4.69) is 39.4 Å². The fraction of sp³-hybridized carbons (Fsp3) is 0.458. The van der Waals surface area contributed by atoms with Crippen LogP contribution in [0, 0.1) is 5.82 Å². The first-order valence-electron chi connectivity index (χ1n) is 11.0. The van der Waals surface area contributed by atoms with Gasteiger partial charge in [0.2, 0.25) is 5.91 Å². The Morgan fingerprint density at radius 3 is 2.56 bits per heavy atom. The van der Waals surface area contributed by atoms with E-state index in [1.165, 1.54) is 6.07 Å². The number of aliphatic imine (C=N–C) groups is 1. The quantitative estimate of drug-likeness (QED) is 0.511. The molecule has 0 atom stereocenters. The molecule has 0 aliphatic carbocycles. The average Bonchev–Trinajstić information content (AvgIpc) is 2.82. The molecule has 2 heterocycles. The molecular formula is C24H33FN6O. The second kappa shape index (κ2) is 10.9. The van der Waals surface area contributed by atoms with E-state index >= 15 is 0 Å². The van der Waals surface area contributed by atoms with Crippen LogP contribution >= 0.6 is 0 Å². The Balaban J connectivity index is 1.39. The van der Waals surface area contributed by atoms with E-state index in [4.69, 9.17) is 0 Å². The Morgan fingerprint density at radius 2 is 1.91 bits per heavy atom. The first-order valence-corrected chi connectivity index (χ1v) is 11.0. The minimum atomic E-state index is -0.275. The van der Waals surface area contributed by atoms with E-state index in [9.17, 15) is 9.18 Å². The molecule has 8 heteroatoms. The second-order valence-electron chi connectivity index (χ2n) is 8.55. The minimum Gasteiger partial charge on any atom is -0.356 e. The number of pyridine rings is 1. The molecule has 7 nitrogen and oxygen atoms in total. The summed E-state index contributed by atoms with van der Waals surface area (Å²) in [5.41, 5.74) is 0.642. The van der Waals surface area contributed by atoms with Crippen molar-refractivity contribution in [1.29, 1.82) is 0 Å². The molecule has 2 N–H and O–H groups in total. The fourth-order valence-electron chi connectivity index (χ4n) is 3.71. The van der Waals surface area contributed by atoms with Gasteiger partial charge in [-0.15, -0.1) is 0 Å². The number of rotatable bonds is 7. The van der Waals surface area contributed by atoms with Gasteiger partial charge in [0.15, 0.2) is 5.96 Å². The van der Waals surface area contributed by atoms with Crippen LogP contribution in [0.2, 0.25) is 0 Å². The van der Waals surface area contributed by atoms with Crippen LogP contribution in [0.3, 0.4) is 0 Å². The molecule has 1 aromatic heterocycles. The number of hydrogen-bond donors (Lipinski definition) is 2. The number of guanidine groups is 1. The van der Waals surface area contributed by atoms with Crippen molar-refractivity contribution in [1.82, 2.24) is 20.5 Å². The highest BCUT2D eigenvalue weighted by molar-refractivity contribution is 5.81. The van der Waals surface area contributed by atoms with Gasteiger partial charge in [0.1, 0.15) is 11.6 Å². The Hall–Kier alpha value is -3.16. The van der Waals surface area contributed by atoms with Crippen molar-refractivity contribution >= 4 is 17.7 Å². The molecule has 32 heavy (non-hydrogen) atoms. The SMILES string of the molecule is CN=C(NCCC(=O)N1CCN(c2ccccn2)CC1)NCC(C)(C)c1cccc(F)c1. The summed E-state index contributed by atoms with van der Waals surface area (Å²) < 4.78 is 13.6. The lowest BCUT2D eigenvalue weighted by atomic mass is 9.84. The van der Waals surface area contributed by atoms with Gasteiger partial charge in [-0.05, 0) is 29.8 Å². The number of hydrogen-bond acceptors (Lipinski definition) is 4. The number of nitrogens with zero attached hydrogens (tertiary/aromatic N) is 4. The van der Waals surface area contributed by atoms with Gasteiger partial charge in [-0.25, -0.2) is 9.37 Å². The lowest BCUT2D eigenvalue weighted by molar-refractivity contribution is -0.131. The summed E-state index contributed by atoms with van der Waals surface area (Å²) in [5, 5.41) is 6.49. The van der Waals surface area contributed by atoms with Gasteiger partial charge in [-0.1, -0.05) is 32.0 Å². The number of halogens is 1. The Morgan fingerprint density at radius 1 is 1.12 bits per heavy atom. The van der Waals surface area contributed by atoms with E-state index in [-0.39, 0.29) is 17.1 Å². The van der Waals surface area contributed by atoms with Crippen LogP contribution in [-0.2, 0) is 10.2 Å². The Bertz CT molecular complexity index is 910. The highest BCUT2D eigenvalue weighted by atomic mass is 19.1. The fourth-order valence-corrected chi connectivity index (χ4v) is 3.71. The van der Waals surface area contributed by atoms with Crippen molar-refractivity contribution in [3.63, 3.8) is 0 Å². The van der Waals surface area contributed by atoms with Crippen LogP contribution < -0.4 is 15.5 Å². The molecular weight excluding hydrogens is 407 g/mol. The maximum absolute atomic E-state index is 13.6. The molecule has 1 aliphatic rings. The third-order valence-corrected chi connectivity index (χ3v) is 5.76. The molecule has 0 unspecified atom stereocenters. The van der Waals surface area contributed by atoms with Crippen LogP contribution in [0.5, 0.6) is 0 Å². The van der Waals surface area contributed by atoms with Gasteiger partial charge in [0, 0.05) is 64.3 Å².